The van der Waals surface area contributed by atoms with Gasteiger partial charge in [-0.15, -0.1) is 0 Å². The van der Waals surface area contributed by atoms with Crippen molar-refractivity contribution in [3.8, 4) is 0 Å². The molecule has 0 heterocycles. The maximum absolute atomic E-state index is 6.14. The van der Waals surface area contributed by atoms with E-state index in [1.807, 2.05) is 6.92 Å². The van der Waals surface area contributed by atoms with Crippen LogP contribution in [-0.4, -0.2) is 37.5 Å². The van der Waals surface area contributed by atoms with E-state index in [0.717, 1.165) is 25.9 Å². The van der Waals surface area contributed by atoms with E-state index in [0.29, 0.717) is 6.61 Å². The molecule has 0 aromatic heterocycles. The van der Waals surface area contributed by atoms with Crippen LogP contribution in [0.5, 0.6) is 0 Å². The fourth-order valence-electron chi connectivity index (χ4n) is 2.27. The van der Waals surface area contributed by atoms with E-state index < -0.39 is 0 Å². The van der Waals surface area contributed by atoms with Gasteiger partial charge in [-0.05, 0) is 31.8 Å². The third-order valence-corrected chi connectivity index (χ3v) is 3.52. The summed E-state index contributed by atoms with van der Waals surface area (Å²) < 4.78 is 11.5. The molecular weight excluding hydrogens is 228 g/mol. The molecule has 0 amide bonds. The van der Waals surface area contributed by atoms with Crippen LogP contribution in [0.4, 0.5) is 0 Å². The van der Waals surface area contributed by atoms with E-state index in [-0.39, 0.29) is 24.3 Å². The first-order valence-corrected chi connectivity index (χ1v) is 7.06. The molecule has 4 heteroatoms. The number of rotatable bonds is 7. The molecule has 0 aliphatic heterocycles. The smallest absolute Gasteiger partial charge is 0.0929 e. The van der Waals surface area contributed by atoms with E-state index >= 15 is 0 Å². The molecule has 0 radical (unpaired) electrons. The normalized spacial score (nSPS) is 28.6. The van der Waals surface area contributed by atoms with E-state index in [1.165, 1.54) is 5.57 Å². The summed E-state index contributed by atoms with van der Waals surface area (Å²) in [5.41, 5.74) is 13.4. The van der Waals surface area contributed by atoms with Crippen LogP contribution < -0.4 is 11.5 Å². The topological polar surface area (TPSA) is 70.5 Å². The molecule has 1 aliphatic rings. The van der Waals surface area contributed by atoms with Crippen molar-refractivity contribution in [3.05, 3.63) is 11.6 Å². The quantitative estimate of drug-likeness (QED) is 0.679. The summed E-state index contributed by atoms with van der Waals surface area (Å²) in [6, 6.07) is -0.152. The lowest BCUT2D eigenvalue weighted by Crippen LogP contribution is -2.53. The van der Waals surface area contributed by atoms with Crippen LogP contribution in [0, 0.1) is 0 Å². The maximum Gasteiger partial charge on any atom is 0.0929 e. The molecule has 4 nitrogen and oxygen atoms in total. The Morgan fingerprint density at radius 3 is 2.50 bits per heavy atom. The average Bonchev–Trinajstić information content (AvgIpc) is 2.38. The number of hydrogen-bond donors (Lipinski definition) is 2. The highest BCUT2D eigenvalue weighted by Crippen LogP contribution is 2.21. The highest BCUT2D eigenvalue weighted by Gasteiger charge is 2.30. The van der Waals surface area contributed by atoms with Gasteiger partial charge in [-0.3, -0.25) is 0 Å². The Hall–Kier alpha value is -0.420. The molecule has 1 aliphatic carbocycles. The van der Waals surface area contributed by atoms with Crippen LogP contribution in [0.25, 0.3) is 0 Å². The third kappa shape index (κ3) is 4.35. The second-order valence-electron chi connectivity index (χ2n) is 4.95. The van der Waals surface area contributed by atoms with Gasteiger partial charge in [0.05, 0.1) is 18.8 Å². The Bertz CT molecular complexity index is 265. The van der Waals surface area contributed by atoms with Crippen LogP contribution in [0.1, 0.15) is 40.0 Å². The van der Waals surface area contributed by atoms with Gasteiger partial charge in [0.1, 0.15) is 0 Å². The number of hydrogen-bond acceptors (Lipinski definition) is 4. The average molecular weight is 256 g/mol. The first-order chi connectivity index (χ1) is 8.62. The molecule has 0 unspecified atom stereocenters. The van der Waals surface area contributed by atoms with Crippen LogP contribution >= 0.6 is 0 Å². The molecule has 0 bridgehead atoms. The molecule has 0 saturated heterocycles. The zero-order valence-corrected chi connectivity index (χ0v) is 11.9. The predicted molar refractivity (Wildman–Crippen MR) is 74.4 cm³/mol. The maximum atomic E-state index is 6.14. The second-order valence-corrected chi connectivity index (χ2v) is 4.95. The van der Waals surface area contributed by atoms with Crippen LogP contribution in [0.2, 0.25) is 0 Å². The SMILES string of the molecule is CCOCC1=C[C@@H](OC(CC)CC)[C@H](N)[C@@H](N)C1. The zero-order chi connectivity index (χ0) is 13.5. The van der Waals surface area contributed by atoms with E-state index in [1.54, 1.807) is 0 Å². The first-order valence-electron chi connectivity index (χ1n) is 7.06. The summed E-state index contributed by atoms with van der Waals surface area (Å²) >= 11 is 0. The standard InChI is InChI=1S/C14H28N2O2/c1-4-11(5-2)18-13-8-10(9-17-6-3)7-12(15)14(13)16/h8,11-14H,4-7,9,15-16H2,1-3H3/t12-,13+,14+/m0/s1. The summed E-state index contributed by atoms with van der Waals surface area (Å²) in [6.07, 6.45) is 5.11. The summed E-state index contributed by atoms with van der Waals surface area (Å²) in [6.45, 7) is 7.62. The third-order valence-electron chi connectivity index (χ3n) is 3.52. The predicted octanol–water partition coefficient (Wildman–Crippen LogP) is 1.58. The van der Waals surface area contributed by atoms with Gasteiger partial charge in [0.2, 0.25) is 0 Å². The molecule has 0 fully saturated rings. The van der Waals surface area contributed by atoms with Gasteiger partial charge in [0.25, 0.3) is 0 Å². The summed E-state index contributed by atoms with van der Waals surface area (Å²) in [5, 5.41) is 0. The lowest BCUT2D eigenvalue weighted by atomic mass is 9.89. The van der Waals surface area contributed by atoms with Crippen molar-refractivity contribution in [2.24, 2.45) is 11.5 Å². The van der Waals surface area contributed by atoms with Crippen molar-refractivity contribution in [2.75, 3.05) is 13.2 Å². The van der Waals surface area contributed by atoms with Crippen molar-refractivity contribution in [2.45, 2.75) is 64.3 Å². The van der Waals surface area contributed by atoms with Crippen molar-refractivity contribution in [3.63, 3.8) is 0 Å². The van der Waals surface area contributed by atoms with Crippen LogP contribution in [0.3, 0.4) is 0 Å². The van der Waals surface area contributed by atoms with Crippen LogP contribution in [0.15, 0.2) is 11.6 Å². The van der Waals surface area contributed by atoms with Gasteiger partial charge in [0, 0.05) is 18.7 Å². The Kier molecular flexibility index (Phi) is 6.86. The molecule has 0 saturated carbocycles. The van der Waals surface area contributed by atoms with E-state index in [9.17, 15) is 0 Å². The minimum atomic E-state index is -0.115. The number of ether oxygens (including phenoxy) is 2. The summed E-state index contributed by atoms with van der Waals surface area (Å²) in [7, 11) is 0. The van der Waals surface area contributed by atoms with Gasteiger partial charge in [-0.25, -0.2) is 0 Å². The molecular formula is C14H28N2O2. The molecule has 4 N–H and O–H groups in total. The Labute approximate surface area is 111 Å². The summed E-state index contributed by atoms with van der Waals surface area (Å²) in [4.78, 5) is 0. The second kappa shape index (κ2) is 7.89. The molecule has 3 atom stereocenters. The number of nitrogens with two attached hydrogens (primary N) is 2. The Morgan fingerprint density at radius 2 is 1.94 bits per heavy atom. The Morgan fingerprint density at radius 1 is 1.28 bits per heavy atom. The van der Waals surface area contributed by atoms with Crippen molar-refractivity contribution in [1.82, 2.24) is 0 Å². The lowest BCUT2D eigenvalue weighted by Gasteiger charge is -2.34. The van der Waals surface area contributed by atoms with Gasteiger partial charge in [-0.2, -0.15) is 0 Å². The molecule has 0 aromatic carbocycles. The van der Waals surface area contributed by atoms with Gasteiger partial charge >= 0.3 is 0 Å². The Balaban J connectivity index is 2.66. The van der Waals surface area contributed by atoms with Gasteiger partial charge in [0.15, 0.2) is 0 Å². The largest absolute Gasteiger partial charge is 0.377 e. The fraction of sp³-hybridized carbons (Fsp3) is 0.857. The van der Waals surface area contributed by atoms with Gasteiger partial charge in [-0.1, -0.05) is 19.9 Å². The van der Waals surface area contributed by atoms with Crippen molar-refractivity contribution < 1.29 is 9.47 Å². The van der Waals surface area contributed by atoms with Gasteiger partial charge < -0.3 is 20.9 Å². The zero-order valence-electron chi connectivity index (χ0n) is 11.9. The highest BCUT2D eigenvalue weighted by molar-refractivity contribution is 5.17. The minimum Gasteiger partial charge on any atom is -0.377 e. The van der Waals surface area contributed by atoms with E-state index in [4.69, 9.17) is 20.9 Å². The monoisotopic (exact) mass is 256 g/mol. The van der Waals surface area contributed by atoms with Crippen molar-refractivity contribution in [1.29, 1.82) is 0 Å². The van der Waals surface area contributed by atoms with Crippen LogP contribution in [-0.2, 0) is 9.47 Å². The molecule has 18 heavy (non-hydrogen) atoms. The minimum absolute atomic E-state index is 0.0372. The fourth-order valence-corrected chi connectivity index (χ4v) is 2.27. The molecule has 106 valence electrons. The molecule has 1 rings (SSSR count). The first kappa shape index (κ1) is 15.6. The van der Waals surface area contributed by atoms with E-state index in [2.05, 4.69) is 19.9 Å². The molecule has 0 aromatic rings. The lowest BCUT2D eigenvalue weighted by molar-refractivity contribution is -0.0109. The highest BCUT2D eigenvalue weighted by atomic mass is 16.5. The summed E-state index contributed by atoms with van der Waals surface area (Å²) in [5.74, 6) is 0. The van der Waals surface area contributed by atoms with Crippen molar-refractivity contribution >= 4 is 0 Å². The molecule has 0 spiro atoms.